The van der Waals surface area contributed by atoms with Crippen molar-refractivity contribution in [3.8, 4) is 0 Å². The lowest BCUT2D eigenvalue weighted by Crippen LogP contribution is -2.54. The van der Waals surface area contributed by atoms with E-state index in [2.05, 4.69) is 10.6 Å². The fraction of sp³-hybridized carbons (Fsp3) is 0.519. The van der Waals surface area contributed by atoms with E-state index in [4.69, 9.17) is 14.6 Å². The van der Waals surface area contributed by atoms with Crippen LogP contribution in [-0.4, -0.2) is 77.3 Å². The molecular weight excluding hydrogens is 526 g/mol. The summed E-state index contributed by atoms with van der Waals surface area (Å²) in [6.07, 6.45) is 3.27. The molecule has 1 fully saturated rings. The van der Waals surface area contributed by atoms with E-state index in [1.807, 2.05) is 0 Å². The van der Waals surface area contributed by atoms with E-state index in [1.54, 1.807) is 6.07 Å². The first-order valence-electron chi connectivity index (χ1n) is 13.3. The van der Waals surface area contributed by atoms with Crippen LogP contribution in [-0.2, 0) is 33.4 Å². The van der Waals surface area contributed by atoms with Crippen molar-refractivity contribution in [3.05, 3.63) is 29.3 Å². The normalized spacial score (nSPS) is 16.5. The van der Waals surface area contributed by atoms with E-state index >= 15 is 0 Å². The third kappa shape index (κ3) is 8.43. The fourth-order valence-electron chi connectivity index (χ4n) is 4.43. The maximum Gasteiger partial charge on any atom is 0.305 e. The molecule has 1 aromatic carbocycles. The Bertz CT molecular complexity index is 1170. The first-order valence-corrected chi connectivity index (χ1v) is 13.3. The van der Waals surface area contributed by atoms with Gasteiger partial charge < -0.3 is 19.9 Å². The number of fused-ring (bicyclic) bond motifs is 1. The number of imide groups is 2. The van der Waals surface area contributed by atoms with Gasteiger partial charge in [-0.3, -0.25) is 43.8 Å². The minimum atomic E-state index is -1.08. The second-order valence-corrected chi connectivity index (χ2v) is 9.47. The summed E-state index contributed by atoms with van der Waals surface area (Å²) < 4.78 is 10.4. The molecule has 0 saturated carbocycles. The SMILES string of the molecule is O=C(O)CCCCC(=O)OCCOCCCCCC(=O)Nc1cccc2c1C(=O)N(C1CCC(=O)NC1=O)C2=O. The summed E-state index contributed by atoms with van der Waals surface area (Å²) in [5, 5.41) is 13.4. The van der Waals surface area contributed by atoms with Gasteiger partial charge in [-0.25, -0.2) is 0 Å². The number of carbonyl (C=O) groups excluding carboxylic acids is 6. The number of anilines is 1. The van der Waals surface area contributed by atoms with Gasteiger partial charge >= 0.3 is 11.9 Å². The van der Waals surface area contributed by atoms with Crippen molar-refractivity contribution >= 4 is 47.2 Å². The molecule has 3 rings (SSSR count). The number of carboxylic acids is 1. The van der Waals surface area contributed by atoms with E-state index in [0.29, 0.717) is 38.7 Å². The van der Waals surface area contributed by atoms with Gasteiger partial charge in [-0.2, -0.15) is 0 Å². The minimum Gasteiger partial charge on any atom is -0.481 e. The molecule has 1 aromatic rings. The number of hydrogen-bond acceptors (Lipinski definition) is 9. The van der Waals surface area contributed by atoms with Crippen molar-refractivity contribution in [1.82, 2.24) is 10.2 Å². The quantitative estimate of drug-likeness (QED) is 0.153. The molecule has 2 aliphatic heterocycles. The number of carbonyl (C=O) groups is 7. The molecule has 2 heterocycles. The second-order valence-electron chi connectivity index (χ2n) is 9.47. The van der Waals surface area contributed by atoms with E-state index in [9.17, 15) is 33.6 Å². The smallest absolute Gasteiger partial charge is 0.305 e. The van der Waals surface area contributed by atoms with Crippen molar-refractivity contribution < 1.29 is 48.1 Å². The Kier molecular flexibility index (Phi) is 11.3. The molecule has 0 radical (unpaired) electrons. The highest BCUT2D eigenvalue weighted by atomic mass is 16.6. The van der Waals surface area contributed by atoms with Gasteiger partial charge in [0.15, 0.2) is 0 Å². The van der Waals surface area contributed by atoms with Gasteiger partial charge in [0.05, 0.1) is 23.4 Å². The maximum atomic E-state index is 13.1. The average molecular weight is 560 g/mol. The van der Waals surface area contributed by atoms with E-state index in [1.165, 1.54) is 12.1 Å². The predicted molar refractivity (Wildman–Crippen MR) is 138 cm³/mol. The van der Waals surface area contributed by atoms with Crippen LogP contribution in [0.2, 0.25) is 0 Å². The first-order chi connectivity index (χ1) is 19.2. The lowest BCUT2D eigenvalue weighted by Gasteiger charge is -2.27. The van der Waals surface area contributed by atoms with Crippen LogP contribution in [0.1, 0.15) is 84.9 Å². The zero-order chi connectivity index (χ0) is 29.1. The van der Waals surface area contributed by atoms with Crippen LogP contribution in [0.15, 0.2) is 18.2 Å². The van der Waals surface area contributed by atoms with Crippen LogP contribution in [0.25, 0.3) is 0 Å². The number of esters is 1. The fourth-order valence-corrected chi connectivity index (χ4v) is 4.43. The lowest BCUT2D eigenvalue weighted by molar-refractivity contribution is -0.145. The van der Waals surface area contributed by atoms with Gasteiger partial charge in [-0.15, -0.1) is 0 Å². The number of benzene rings is 1. The number of piperidine rings is 1. The van der Waals surface area contributed by atoms with E-state index < -0.39 is 35.6 Å². The zero-order valence-corrected chi connectivity index (χ0v) is 22.1. The largest absolute Gasteiger partial charge is 0.481 e. The molecular formula is C27H33N3O10. The molecule has 0 bridgehead atoms. The van der Waals surface area contributed by atoms with Gasteiger partial charge in [0.1, 0.15) is 12.6 Å². The number of amides is 5. The number of ether oxygens (including phenoxy) is 2. The summed E-state index contributed by atoms with van der Waals surface area (Å²) >= 11 is 0. The molecule has 13 heteroatoms. The highest BCUT2D eigenvalue weighted by Gasteiger charge is 2.45. The first kappa shape index (κ1) is 30.4. The topological polar surface area (TPSA) is 185 Å². The van der Waals surface area contributed by atoms with Crippen molar-refractivity contribution in [2.75, 3.05) is 25.1 Å². The third-order valence-corrected chi connectivity index (χ3v) is 6.45. The van der Waals surface area contributed by atoms with Gasteiger partial charge in [0, 0.05) is 32.3 Å². The number of nitrogens with one attached hydrogen (secondary N) is 2. The molecule has 1 atom stereocenters. The van der Waals surface area contributed by atoms with Crippen LogP contribution in [0.4, 0.5) is 5.69 Å². The summed E-state index contributed by atoms with van der Waals surface area (Å²) in [6.45, 7) is 0.781. The Morgan fingerprint density at radius 1 is 0.925 bits per heavy atom. The molecule has 3 N–H and O–H groups in total. The molecule has 13 nitrogen and oxygen atoms in total. The summed E-state index contributed by atoms with van der Waals surface area (Å²) in [6, 6.07) is 3.44. The lowest BCUT2D eigenvalue weighted by atomic mass is 10.0. The average Bonchev–Trinajstić information content (AvgIpc) is 3.16. The van der Waals surface area contributed by atoms with Crippen LogP contribution >= 0.6 is 0 Å². The molecule has 0 aromatic heterocycles. The third-order valence-electron chi connectivity index (χ3n) is 6.45. The van der Waals surface area contributed by atoms with Crippen LogP contribution < -0.4 is 10.6 Å². The summed E-state index contributed by atoms with van der Waals surface area (Å²) in [4.78, 5) is 85.0. The number of rotatable bonds is 16. The van der Waals surface area contributed by atoms with Crippen molar-refractivity contribution in [2.45, 2.75) is 70.3 Å². The molecule has 216 valence electrons. The molecule has 0 aliphatic carbocycles. The van der Waals surface area contributed by atoms with Crippen LogP contribution in [0, 0.1) is 0 Å². The Morgan fingerprint density at radius 2 is 1.68 bits per heavy atom. The zero-order valence-electron chi connectivity index (χ0n) is 22.1. The van der Waals surface area contributed by atoms with Crippen molar-refractivity contribution in [3.63, 3.8) is 0 Å². The molecule has 1 saturated heterocycles. The summed E-state index contributed by atoms with van der Waals surface area (Å²) in [7, 11) is 0. The Labute approximate surface area is 230 Å². The monoisotopic (exact) mass is 559 g/mol. The number of carboxylic acid groups (broad SMARTS) is 1. The molecule has 40 heavy (non-hydrogen) atoms. The predicted octanol–water partition coefficient (Wildman–Crippen LogP) is 1.79. The summed E-state index contributed by atoms with van der Waals surface area (Å²) in [5.41, 5.74) is 0.309. The van der Waals surface area contributed by atoms with Crippen LogP contribution in [0.5, 0.6) is 0 Å². The van der Waals surface area contributed by atoms with E-state index in [0.717, 1.165) is 4.90 Å². The van der Waals surface area contributed by atoms with Gasteiger partial charge in [0.25, 0.3) is 11.8 Å². The number of unbranched alkanes of at least 4 members (excludes halogenated alkanes) is 3. The van der Waals surface area contributed by atoms with Gasteiger partial charge in [-0.1, -0.05) is 12.5 Å². The second kappa shape index (κ2) is 14.9. The van der Waals surface area contributed by atoms with Crippen molar-refractivity contribution in [2.24, 2.45) is 0 Å². The highest BCUT2D eigenvalue weighted by molar-refractivity contribution is 6.26. The molecule has 0 spiro atoms. The number of hydrogen-bond donors (Lipinski definition) is 3. The molecule has 5 amide bonds. The van der Waals surface area contributed by atoms with Gasteiger partial charge in [-0.05, 0) is 44.2 Å². The highest BCUT2D eigenvalue weighted by Crippen LogP contribution is 2.32. The van der Waals surface area contributed by atoms with Crippen molar-refractivity contribution in [1.29, 1.82) is 0 Å². The number of aliphatic carboxylic acids is 1. The maximum absolute atomic E-state index is 13.1. The molecule has 2 aliphatic rings. The summed E-state index contributed by atoms with van der Waals surface area (Å²) in [5.74, 6) is -4.10. The Morgan fingerprint density at radius 3 is 2.42 bits per heavy atom. The Hall–Kier alpha value is -4.13. The van der Waals surface area contributed by atoms with Crippen LogP contribution in [0.3, 0.4) is 0 Å². The standard InChI is InChI=1S/C27H33N3O10/c31-20(9-2-1-5-14-39-15-16-40-23(35)11-4-3-10-22(33)34)28-18-8-6-7-17-24(18)27(38)30(26(17)37)19-12-13-21(32)29-25(19)36/h6-8,19H,1-5,9-16H2,(H,28,31)(H,33,34)(H,29,32,36). The van der Waals surface area contributed by atoms with Gasteiger partial charge in [0.2, 0.25) is 17.7 Å². The number of nitrogens with zero attached hydrogens (tertiary/aromatic N) is 1. The Balaban J connectivity index is 1.33. The molecule has 1 unspecified atom stereocenters. The van der Waals surface area contributed by atoms with E-state index in [-0.39, 0.29) is 74.0 Å². The minimum absolute atomic E-state index is 0.0173.